The van der Waals surface area contributed by atoms with Gasteiger partial charge in [-0.3, -0.25) is 0 Å². The van der Waals surface area contributed by atoms with E-state index in [1.54, 1.807) is 36.4 Å². The molecule has 0 saturated heterocycles. The summed E-state index contributed by atoms with van der Waals surface area (Å²) in [5.41, 5.74) is 2.49. The fraction of sp³-hybridized carbons (Fsp3) is 0.120. The highest BCUT2D eigenvalue weighted by Gasteiger charge is 2.15. The van der Waals surface area contributed by atoms with Crippen molar-refractivity contribution in [2.24, 2.45) is 0 Å². The van der Waals surface area contributed by atoms with Gasteiger partial charge in [0, 0.05) is 5.56 Å². The lowest BCUT2D eigenvalue weighted by atomic mass is 10.1. The van der Waals surface area contributed by atoms with Gasteiger partial charge in [-0.25, -0.2) is 13.8 Å². The molecule has 1 heterocycles. The highest BCUT2D eigenvalue weighted by Crippen LogP contribution is 2.36. The van der Waals surface area contributed by atoms with Gasteiger partial charge in [-0.1, -0.05) is 18.2 Å². The van der Waals surface area contributed by atoms with E-state index < -0.39 is 0 Å². The van der Waals surface area contributed by atoms with E-state index in [1.807, 2.05) is 13.0 Å². The van der Waals surface area contributed by atoms with Crippen LogP contribution in [0.1, 0.15) is 23.9 Å². The van der Waals surface area contributed by atoms with Crippen LogP contribution in [0, 0.1) is 26.5 Å². The number of nitriles is 1. The van der Waals surface area contributed by atoms with Crippen molar-refractivity contribution in [3.63, 3.8) is 0 Å². The highest BCUT2D eigenvalue weighted by molar-refractivity contribution is 14.1. The Hall–Kier alpha value is -3.45. The summed E-state index contributed by atoms with van der Waals surface area (Å²) in [5, 5.41) is 9.71. The van der Waals surface area contributed by atoms with Crippen LogP contribution in [0.25, 0.3) is 22.7 Å². The second-order valence-corrected chi connectivity index (χ2v) is 8.22. The first-order valence-corrected chi connectivity index (χ1v) is 11.2. The molecule has 0 aliphatic heterocycles. The number of halogens is 3. The van der Waals surface area contributed by atoms with Crippen molar-refractivity contribution in [1.29, 1.82) is 5.26 Å². The van der Waals surface area contributed by atoms with E-state index in [-0.39, 0.29) is 23.8 Å². The molecule has 0 radical (unpaired) electrons. The number of aromatic amines is 1. The number of hydrogen-bond donors (Lipinski definition) is 1. The van der Waals surface area contributed by atoms with Crippen LogP contribution in [0.5, 0.6) is 11.5 Å². The molecule has 0 fully saturated rings. The molecule has 4 rings (SSSR count). The molecule has 166 valence electrons. The largest absolute Gasteiger partial charge is 0.490 e. The van der Waals surface area contributed by atoms with Crippen LogP contribution in [-0.2, 0) is 6.61 Å². The molecule has 1 aromatic heterocycles. The van der Waals surface area contributed by atoms with Crippen molar-refractivity contribution in [3.05, 3.63) is 86.8 Å². The SMILES string of the molecule is CCOc1cc(/C=C(/C#N)c2nc3ccc(F)cc3[nH]2)cc(I)c1OCc1ccccc1F. The van der Waals surface area contributed by atoms with Gasteiger partial charge in [-0.15, -0.1) is 0 Å². The Morgan fingerprint density at radius 3 is 2.73 bits per heavy atom. The van der Waals surface area contributed by atoms with Crippen molar-refractivity contribution in [3.8, 4) is 17.6 Å². The summed E-state index contributed by atoms with van der Waals surface area (Å²) in [7, 11) is 0. The van der Waals surface area contributed by atoms with Crippen molar-refractivity contribution >= 4 is 45.3 Å². The molecule has 8 heteroatoms. The second kappa shape index (κ2) is 10.0. The molecule has 0 amide bonds. The Bertz CT molecular complexity index is 1390. The molecule has 0 aliphatic carbocycles. The number of aromatic nitrogens is 2. The number of hydrogen-bond acceptors (Lipinski definition) is 4. The van der Waals surface area contributed by atoms with Crippen molar-refractivity contribution in [1.82, 2.24) is 9.97 Å². The van der Waals surface area contributed by atoms with Gasteiger partial charge < -0.3 is 14.5 Å². The molecular formula is C25H18F2IN3O2. The smallest absolute Gasteiger partial charge is 0.175 e. The van der Waals surface area contributed by atoms with Gasteiger partial charge in [0.15, 0.2) is 11.5 Å². The van der Waals surface area contributed by atoms with Gasteiger partial charge >= 0.3 is 0 Å². The minimum absolute atomic E-state index is 0.0525. The molecular weight excluding hydrogens is 539 g/mol. The van der Waals surface area contributed by atoms with E-state index in [2.05, 4.69) is 38.6 Å². The van der Waals surface area contributed by atoms with Crippen molar-refractivity contribution < 1.29 is 18.3 Å². The van der Waals surface area contributed by atoms with Crippen LogP contribution >= 0.6 is 22.6 Å². The van der Waals surface area contributed by atoms with Crippen molar-refractivity contribution in [2.45, 2.75) is 13.5 Å². The lowest BCUT2D eigenvalue weighted by Crippen LogP contribution is -2.03. The molecule has 5 nitrogen and oxygen atoms in total. The van der Waals surface area contributed by atoms with Gasteiger partial charge in [0.2, 0.25) is 0 Å². The minimum atomic E-state index is -0.387. The Kier molecular flexibility index (Phi) is 6.89. The Balaban J connectivity index is 1.67. The van der Waals surface area contributed by atoms with Gasteiger partial charge in [-0.2, -0.15) is 5.26 Å². The first-order chi connectivity index (χ1) is 16.0. The molecule has 0 atom stereocenters. The quantitative estimate of drug-likeness (QED) is 0.209. The van der Waals surface area contributed by atoms with Crippen LogP contribution in [0.2, 0.25) is 0 Å². The summed E-state index contributed by atoms with van der Waals surface area (Å²) in [5.74, 6) is 0.592. The lowest BCUT2D eigenvalue weighted by Gasteiger charge is -2.15. The first-order valence-electron chi connectivity index (χ1n) is 10.1. The summed E-state index contributed by atoms with van der Waals surface area (Å²) in [6.45, 7) is 2.31. The number of nitrogens with zero attached hydrogens (tertiary/aromatic N) is 2. The molecule has 4 aromatic rings. The predicted octanol–water partition coefficient (Wildman–Crippen LogP) is 6.49. The van der Waals surface area contributed by atoms with E-state index in [0.29, 0.717) is 46.1 Å². The lowest BCUT2D eigenvalue weighted by molar-refractivity contribution is 0.264. The second-order valence-electron chi connectivity index (χ2n) is 7.06. The van der Waals surface area contributed by atoms with E-state index in [9.17, 15) is 14.0 Å². The molecule has 3 aromatic carbocycles. The number of rotatable bonds is 7. The number of allylic oxidation sites excluding steroid dienone is 1. The number of nitrogens with one attached hydrogen (secondary N) is 1. The van der Waals surface area contributed by atoms with Crippen molar-refractivity contribution in [2.75, 3.05) is 6.61 Å². The third kappa shape index (κ3) is 5.14. The highest BCUT2D eigenvalue weighted by atomic mass is 127. The molecule has 0 spiro atoms. The normalized spacial score (nSPS) is 11.4. The molecule has 0 bridgehead atoms. The molecule has 1 N–H and O–H groups in total. The number of fused-ring (bicyclic) bond motifs is 1. The number of imidazole rings is 1. The van der Waals surface area contributed by atoms with Gasteiger partial charge in [0.25, 0.3) is 0 Å². The molecule has 0 aliphatic rings. The zero-order valence-electron chi connectivity index (χ0n) is 17.5. The zero-order valence-corrected chi connectivity index (χ0v) is 19.7. The average Bonchev–Trinajstić information content (AvgIpc) is 3.21. The number of H-pyrrole nitrogens is 1. The van der Waals surface area contributed by atoms with E-state index in [4.69, 9.17) is 9.47 Å². The predicted molar refractivity (Wildman–Crippen MR) is 131 cm³/mol. The minimum Gasteiger partial charge on any atom is -0.490 e. The van der Waals surface area contributed by atoms with Gasteiger partial charge in [0.05, 0.1) is 26.8 Å². The summed E-state index contributed by atoms with van der Waals surface area (Å²) in [4.78, 5) is 7.37. The van der Waals surface area contributed by atoms with Gasteiger partial charge in [-0.05, 0) is 77.6 Å². The molecule has 0 saturated carbocycles. The Labute approximate surface area is 202 Å². The maximum absolute atomic E-state index is 14.0. The number of benzene rings is 3. The summed E-state index contributed by atoms with van der Waals surface area (Å²) in [6.07, 6.45) is 1.67. The van der Waals surface area contributed by atoms with Crippen LogP contribution in [0.3, 0.4) is 0 Å². The average molecular weight is 557 g/mol. The first kappa shape index (κ1) is 22.7. The summed E-state index contributed by atoms with van der Waals surface area (Å²) < 4.78 is 39.9. The zero-order chi connectivity index (χ0) is 23.4. The maximum Gasteiger partial charge on any atom is 0.175 e. The van der Waals surface area contributed by atoms with E-state index in [0.717, 1.165) is 3.57 Å². The fourth-order valence-corrected chi connectivity index (χ4v) is 4.05. The Morgan fingerprint density at radius 2 is 1.97 bits per heavy atom. The third-order valence-corrected chi connectivity index (χ3v) is 5.59. The monoisotopic (exact) mass is 557 g/mol. The molecule has 0 unspecified atom stereocenters. The maximum atomic E-state index is 14.0. The van der Waals surface area contributed by atoms with Gasteiger partial charge in [0.1, 0.15) is 30.1 Å². The van der Waals surface area contributed by atoms with E-state index >= 15 is 0 Å². The van der Waals surface area contributed by atoms with Crippen LogP contribution in [0.4, 0.5) is 8.78 Å². The standard InChI is InChI=1S/C25H18F2IN3O2/c1-2-32-23-11-15(10-20(28)24(23)33-14-16-5-3-4-6-19(16)27)9-17(13-29)25-30-21-8-7-18(26)12-22(21)31-25/h3-12H,2,14H2,1H3,(H,30,31)/b17-9-. The summed E-state index contributed by atoms with van der Waals surface area (Å²) >= 11 is 2.12. The molecule has 33 heavy (non-hydrogen) atoms. The number of ether oxygens (including phenoxy) is 2. The van der Waals surface area contributed by atoms with Crippen LogP contribution < -0.4 is 9.47 Å². The topological polar surface area (TPSA) is 70.9 Å². The summed E-state index contributed by atoms with van der Waals surface area (Å²) in [6, 6.07) is 16.4. The Morgan fingerprint density at radius 1 is 1.15 bits per heavy atom. The van der Waals surface area contributed by atoms with Crippen LogP contribution in [-0.4, -0.2) is 16.6 Å². The van der Waals surface area contributed by atoms with Crippen LogP contribution in [0.15, 0.2) is 54.6 Å². The third-order valence-electron chi connectivity index (χ3n) is 4.79. The fourth-order valence-electron chi connectivity index (χ4n) is 3.27. The van der Waals surface area contributed by atoms with E-state index in [1.165, 1.54) is 18.2 Å².